The predicted molar refractivity (Wildman–Crippen MR) is 378 cm³/mol. The van der Waals surface area contributed by atoms with Gasteiger partial charge in [-0.05, 0) is 159 Å². The average Bonchev–Trinajstić information content (AvgIpc) is 0.815. The zero-order valence-electron chi connectivity index (χ0n) is 52.6. The van der Waals surface area contributed by atoms with E-state index in [4.69, 9.17) is 46.4 Å². The fraction of sp³-hybridized carbons (Fsp3) is 0.385. The summed E-state index contributed by atoms with van der Waals surface area (Å²) in [7, 11) is 0. The van der Waals surface area contributed by atoms with Crippen LogP contribution in [0.25, 0.3) is 86.7 Å². The first-order valence-electron chi connectivity index (χ1n) is 33.6. The van der Waals surface area contributed by atoms with Gasteiger partial charge in [-0.1, -0.05) is 175 Å². The van der Waals surface area contributed by atoms with Crippen LogP contribution >= 0.6 is 46.4 Å². The summed E-state index contributed by atoms with van der Waals surface area (Å²) in [5, 5.41) is 9.43. The van der Waals surface area contributed by atoms with E-state index in [1.54, 1.807) is 24.3 Å². The molecule has 0 unspecified atom stereocenters. The van der Waals surface area contributed by atoms with Gasteiger partial charge in [0.2, 0.25) is 0 Å². The summed E-state index contributed by atoms with van der Waals surface area (Å²) in [6.07, 6.45) is 24.5. The van der Waals surface area contributed by atoms with Crippen LogP contribution in [0.3, 0.4) is 0 Å². The van der Waals surface area contributed by atoms with Gasteiger partial charge in [0.05, 0.1) is 22.3 Å². The molecule has 4 heterocycles. The van der Waals surface area contributed by atoms with Crippen LogP contribution in [0.15, 0.2) is 97.1 Å². The van der Waals surface area contributed by atoms with Crippen LogP contribution in [0.4, 0.5) is 0 Å². The van der Waals surface area contributed by atoms with Crippen molar-refractivity contribution in [2.45, 2.75) is 182 Å². The standard InChI is InChI=1S/C78H80Cl4N4O4/c1-5-9-13-17-23-47-27-31-63-51(39-47)52-40-48(24-18-14-10-6-2)28-32-64(52)83(63)35-21-37-85-75(87)55-43-59(79)69-71-61(81)45-57-68-58(46-62(82)72(74(68)71)70-60(80)44-56(76(85)88)67(55)73(69)70)78(90)86(77(57)89)38-22-36-84-65-33-29-49(25-19-15-11-7-3)41-53(65)54-42-50(30-34-66(54)84)26-20-16-12-8-4/h27-34,39-46H,5-26,35-38H2,1-4H3. The van der Waals surface area contributed by atoms with Crippen molar-refractivity contribution in [2.24, 2.45) is 0 Å². The van der Waals surface area contributed by atoms with Crippen LogP contribution in [-0.2, 0) is 38.8 Å². The second kappa shape index (κ2) is 26.5. The number of hydrogen-bond acceptors (Lipinski definition) is 4. The molecule has 13 rings (SSSR count). The summed E-state index contributed by atoms with van der Waals surface area (Å²) in [4.78, 5) is 62.6. The number of nitrogens with zero attached hydrogens (tertiary/aromatic N) is 4. The molecule has 2 aromatic heterocycles. The third-order valence-electron chi connectivity index (χ3n) is 19.8. The summed E-state index contributed by atoms with van der Waals surface area (Å²) in [6, 6.07) is 34.1. The topological polar surface area (TPSA) is 84.6 Å². The van der Waals surface area contributed by atoms with E-state index in [-0.39, 0.29) is 55.4 Å². The molecule has 90 heavy (non-hydrogen) atoms. The number of hydrogen-bond donors (Lipinski definition) is 0. The van der Waals surface area contributed by atoms with Gasteiger partial charge in [0, 0.05) is 133 Å². The molecule has 9 aromatic carbocycles. The number of benzene rings is 9. The first-order chi connectivity index (χ1) is 43.8. The molecule has 11 aromatic rings. The van der Waals surface area contributed by atoms with Crippen molar-refractivity contribution >= 4 is 157 Å². The molecule has 0 spiro atoms. The van der Waals surface area contributed by atoms with E-state index in [1.807, 2.05) is 0 Å². The zero-order chi connectivity index (χ0) is 62.5. The number of halogens is 4. The molecular weight excluding hydrogens is 1200 g/mol. The summed E-state index contributed by atoms with van der Waals surface area (Å²) >= 11 is 29.8. The molecule has 464 valence electrons. The minimum Gasteiger partial charge on any atom is -0.340 e. The second-order valence-corrected chi connectivity index (χ2v) is 27.4. The Balaban J connectivity index is 0.797. The quantitative estimate of drug-likeness (QED) is 0.0212. The van der Waals surface area contributed by atoms with Crippen molar-refractivity contribution in [3.8, 4) is 0 Å². The first kappa shape index (κ1) is 62.1. The van der Waals surface area contributed by atoms with E-state index in [0.29, 0.717) is 69.0 Å². The Hall–Kier alpha value is -6.68. The number of aryl methyl sites for hydroxylation is 6. The van der Waals surface area contributed by atoms with Crippen molar-refractivity contribution in [1.82, 2.24) is 18.9 Å². The van der Waals surface area contributed by atoms with Crippen LogP contribution in [-0.4, -0.2) is 55.7 Å². The Bertz CT molecular complexity index is 4110. The molecule has 12 heteroatoms. The summed E-state index contributed by atoms with van der Waals surface area (Å²) in [6.45, 7) is 10.5. The summed E-state index contributed by atoms with van der Waals surface area (Å²) in [5.74, 6) is -1.82. The molecule has 0 atom stereocenters. The summed E-state index contributed by atoms with van der Waals surface area (Å²) in [5.41, 5.74) is 11.0. The van der Waals surface area contributed by atoms with Crippen molar-refractivity contribution in [1.29, 1.82) is 0 Å². The molecule has 0 saturated heterocycles. The summed E-state index contributed by atoms with van der Waals surface area (Å²) < 4.78 is 4.70. The van der Waals surface area contributed by atoms with Crippen LogP contribution in [0.2, 0.25) is 20.1 Å². The fourth-order valence-electron chi connectivity index (χ4n) is 15.3. The van der Waals surface area contributed by atoms with Crippen molar-refractivity contribution in [3.63, 3.8) is 0 Å². The van der Waals surface area contributed by atoms with Crippen molar-refractivity contribution in [2.75, 3.05) is 13.1 Å². The van der Waals surface area contributed by atoms with E-state index in [1.165, 1.54) is 131 Å². The number of amides is 4. The lowest BCUT2D eigenvalue weighted by atomic mass is 9.82. The van der Waals surface area contributed by atoms with E-state index in [2.05, 4.69) is 110 Å². The minimum atomic E-state index is -0.454. The third kappa shape index (κ3) is 11.1. The Kier molecular flexibility index (Phi) is 18.3. The number of fused-ring (bicyclic) bond motifs is 8. The number of carbonyl (C=O) groups is 4. The van der Waals surface area contributed by atoms with Crippen molar-refractivity contribution < 1.29 is 19.2 Å². The lowest BCUT2D eigenvalue weighted by molar-refractivity contribution is 0.0592. The molecule has 0 radical (unpaired) electrons. The van der Waals surface area contributed by atoms with Crippen molar-refractivity contribution in [3.05, 3.63) is 162 Å². The maximum atomic E-state index is 15.0. The molecular formula is C78H80Cl4N4O4. The van der Waals surface area contributed by atoms with Gasteiger partial charge in [0.15, 0.2) is 0 Å². The molecule has 2 aliphatic heterocycles. The van der Waals surface area contributed by atoms with Gasteiger partial charge in [-0.3, -0.25) is 29.0 Å². The number of imide groups is 2. The maximum Gasteiger partial charge on any atom is 0.261 e. The molecule has 0 saturated carbocycles. The Labute approximate surface area is 548 Å². The number of aromatic nitrogens is 2. The van der Waals surface area contributed by atoms with Gasteiger partial charge in [-0.2, -0.15) is 0 Å². The van der Waals surface area contributed by atoms with Gasteiger partial charge in [-0.15, -0.1) is 0 Å². The van der Waals surface area contributed by atoms with Crippen LogP contribution in [0, 0.1) is 0 Å². The highest BCUT2D eigenvalue weighted by atomic mass is 35.5. The predicted octanol–water partition coefficient (Wildman–Crippen LogP) is 22.4. The maximum absolute atomic E-state index is 15.0. The van der Waals surface area contributed by atoms with Gasteiger partial charge < -0.3 is 9.13 Å². The van der Waals surface area contributed by atoms with Gasteiger partial charge in [0.25, 0.3) is 23.6 Å². The Morgan fingerprint density at radius 1 is 0.278 bits per heavy atom. The van der Waals surface area contributed by atoms with E-state index >= 15 is 0 Å². The Morgan fingerprint density at radius 3 is 0.778 bits per heavy atom. The Morgan fingerprint density at radius 2 is 0.533 bits per heavy atom. The van der Waals surface area contributed by atoms with Gasteiger partial charge >= 0.3 is 0 Å². The smallest absolute Gasteiger partial charge is 0.261 e. The molecule has 4 amide bonds. The number of unbranched alkanes of at least 4 members (excludes halogenated alkanes) is 12. The largest absolute Gasteiger partial charge is 0.340 e. The lowest BCUT2D eigenvalue weighted by Crippen LogP contribution is -2.41. The third-order valence-corrected chi connectivity index (χ3v) is 21.0. The van der Waals surface area contributed by atoms with Crippen LogP contribution in [0.5, 0.6) is 0 Å². The van der Waals surface area contributed by atoms with Gasteiger partial charge in [0.1, 0.15) is 0 Å². The average molecular weight is 1280 g/mol. The normalized spacial score (nSPS) is 13.6. The number of rotatable bonds is 28. The van der Waals surface area contributed by atoms with Gasteiger partial charge in [-0.25, -0.2) is 0 Å². The van der Waals surface area contributed by atoms with E-state index in [0.717, 1.165) is 73.4 Å². The highest BCUT2D eigenvalue weighted by molar-refractivity contribution is 6.56. The minimum absolute atomic E-state index is 0.161. The molecule has 0 aliphatic carbocycles. The first-order valence-corrected chi connectivity index (χ1v) is 35.1. The molecule has 8 nitrogen and oxygen atoms in total. The molecule has 0 fully saturated rings. The molecule has 0 N–H and O–H groups in total. The zero-order valence-corrected chi connectivity index (χ0v) is 55.6. The number of carbonyl (C=O) groups excluding carboxylic acids is 4. The van der Waals surface area contributed by atoms with Crippen LogP contribution < -0.4 is 0 Å². The molecule has 0 bridgehead atoms. The highest BCUT2D eigenvalue weighted by Gasteiger charge is 2.40. The lowest BCUT2D eigenvalue weighted by Gasteiger charge is -2.31. The highest BCUT2D eigenvalue weighted by Crippen LogP contribution is 2.54. The van der Waals surface area contributed by atoms with E-state index in [9.17, 15) is 19.2 Å². The fourth-order valence-corrected chi connectivity index (χ4v) is 16.5. The monoisotopic (exact) mass is 1280 g/mol. The second-order valence-electron chi connectivity index (χ2n) is 25.8. The molecule has 2 aliphatic rings. The SMILES string of the molecule is CCCCCCc1ccc2c(c1)c1cc(CCCCCC)ccc1n2CCCN1C(=O)c2cc(Cl)c3c4c(Cl)cc5c6c(cc(Cl)c(c7c(Cl)cc(c2c37)C1=O)c64)C(=O)N(CCCn1c2ccc(CCCCCC)cc2c2cc(CCCCCC)ccc21)C5=O. The van der Waals surface area contributed by atoms with Crippen LogP contribution in [0.1, 0.15) is 207 Å². The van der Waals surface area contributed by atoms with E-state index < -0.39 is 23.6 Å².